The molecule has 19 heavy (non-hydrogen) atoms. The first-order chi connectivity index (χ1) is 8.58. The van der Waals surface area contributed by atoms with Crippen LogP contribution in [0.5, 0.6) is 0 Å². The van der Waals surface area contributed by atoms with Gasteiger partial charge in [0.15, 0.2) is 0 Å². The smallest absolute Gasteiger partial charge is 0.238 e. The topological polar surface area (TPSA) is 89.3 Å². The zero-order valence-corrected chi connectivity index (χ0v) is 12.7. The van der Waals surface area contributed by atoms with Gasteiger partial charge in [-0.05, 0) is 32.0 Å². The number of nitrogens with one attached hydrogen (secondary N) is 1. The highest BCUT2D eigenvalue weighted by atomic mass is 35.5. The summed E-state index contributed by atoms with van der Waals surface area (Å²) in [5.41, 5.74) is -0.626. The molecular weight excluding hydrogens is 311 g/mol. The number of anilines is 1. The lowest BCUT2D eigenvalue weighted by Crippen LogP contribution is -2.32. The van der Waals surface area contributed by atoms with Crippen molar-refractivity contribution in [2.24, 2.45) is 10.6 Å². The molecule has 8 heteroatoms. The number of hydrogen-bond acceptors (Lipinski definition) is 3. The maximum absolute atomic E-state index is 11.9. The molecule has 1 rings (SSSR count). The molecule has 0 aliphatic rings. The number of alkyl halides is 1. The Kier molecular flexibility index (Phi) is 4.84. The number of hydrogen-bond donors (Lipinski definition) is 2. The van der Waals surface area contributed by atoms with E-state index in [9.17, 15) is 13.2 Å². The number of carbonyl (C=O) groups excluding carboxylic acids is 1. The Labute approximate surface area is 122 Å². The van der Waals surface area contributed by atoms with Crippen LogP contribution in [-0.2, 0) is 14.8 Å². The summed E-state index contributed by atoms with van der Waals surface area (Å²) in [6.07, 6.45) is 0. The lowest BCUT2D eigenvalue weighted by Gasteiger charge is -2.21. The molecule has 0 atom stereocenters. The Morgan fingerprint density at radius 1 is 1.42 bits per heavy atom. The van der Waals surface area contributed by atoms with E-state index >= 15 is 0 Å². The van der Waals surface area contributed by atoms with Gasteiger partial charge in [0.2, 0.25) is 15.9 Å². The SMILES string of the molecule is CC(C)(CCl)C(=O)Nc1cc(S(N)(=O)=O)ccc1Cl. The predicted molar refractivity (Wildman–Crippen MR) is 76.0 cm³/mol. The first kappa shape index (κ1) is 16.2. The van der Waals surface area contributed by atoms with Gasteiger partial charge >= 0.3 is 0 Å². The Balaban J connectivity index is 3.12. The van der Waals surface area contributed by atoms with Crippen LogP contribution in [0.2, 0.25) is 5.02 Å². The summed E-state index contributed by atoms with van der Waals surface area (Å²) in [7, 11) is -3.85. The molecule has 1 aromatic carbocycles. The Hall–Kier alpha value is -0.820. The van der Waals surface area contributed by atoms with Gasteiger partial charge in [-0.2, -0.15) is 0 Å². The molecule has 106 valence electrons. The molecule has 0 saturated carbocycles. The standard InChI is InChI=1S/C11H14Cl2N2O3S/c1-11(2,6-12)10(16)15-9-5-7(19(14,17)18)3-4-8(9)13/h3-5H,6H2,1-2H3,(H,15,16)(H2,14,17,18). The highest BCUT2D eigenvalue weighted by molar-refractivity contribution is 7.89. The molecule has 0 aliphatic heterocycles. The van der Waals surface area contributed by atoms with E-state index in [0.717, 1.165) is 0 Å². The Morgan fingerprint density at radius 3 is 2.47 bits per heavy atom. The summed E-state index contributed by atoms with van der Waals surface area (Å²) in [5.74, 6) is -0.248. The van der Waals surface area contributed by atoms with Gasteiger partial charge in [-0.25, -0.2) is 13.6 Å². The number of rotatable bonds is 4. The molecule has 1 amide bonds. The zero-order chi connectivity index (χ0) is 14.8. The van der Waals surface area contributed by atoms with E-state index in [-0.39, 0.29) is 27.4 Å². The first-order valence-corrected chi connectivity index (χ1v) is 7.73. The fourth-order valence-electron chi connectivity index (χ4n) is 1.13. The second kappa shape index (κ2) is 5.66. The molecule has 0 aliphatic carbocycles. The normalized spacial score (nSPS) is 12.3. The van der Waals surface area contributed by atoms with Gasteiger partial charge in [-0.3, -0.25) is 4.79 Å². The number of benzene rings is 1. The summed E-state index contributed by atoms with van der Waals surface area (Å²) < 4.78 is 22.5. The minimum atomic E-state index is -3.85. The summed E-state index contributed by atoms with van der Waals surface area (Å²) in [4.78, 5) is 11.8. The second-order valence-corrected chi connectivity index (χ2v) is 6.89. The lowest BCUT2D eigenvalue weighted by molar-refractivity contribution is -0.122. The van der Waals surface area contributed by atoms with Gasteiger partial charge < -0.3 is 5.32 Å². The van der Waals surface area contributed by atoms with Gasteiger partial charge in [0, 0.05) is 5.88 Å². The van der Waals surface area contributed by atoms with Gasteiger partial charge in [0.1, 0.15) is 0 Å². The van der Waals surface area contributed by atoms with Gasteiger partial charge in [0.25, 0.3) is 0 Å². The zero-order valence-electron chi connectivity index (χ0n) is 10.4. The first-order valence-electron chi connectivity index (χ1n) is 5.28. The molecule has 0 bridgehead atoms. The third kappa shape index (κ3) is 4.07. The molecular formula is C11H14Cl2N2O3S. The number of halogens is 2. The fraction of sp³-hybridized carbons (Fsp3) is 0.364. The molecule has 5 nitrogen and oxygen atoms in total. The van der Waals surface area contributed by atoms with E-state index in [4.69, 9.17) is 28.3 Å². The van der Waals surface area contributed by atoms with Crippen LogP contribution in [0.3, 0.4) is 0 Å². The molecule has 0 unspecified atom stereocenters. The fourth-order valence-corrected chi connectivity index (χ4v) is 1.96. The van der Waals surface area contributed by atoms with Crippen molar-refractivity contribution in [3.63, 3.8) is 0 Å². The van der Waals surface area contributed by atoms with Crippen molar-refractivity contribution in [3.8, 4) is 0 Å². The van der Waals surface area contributed by atoms with Gasteiger partial charge in [-0.15, -0.1) is 11.6 Å². The molecule has 0 saturated heterocycles. The van der Waals surface area contributed by atoms with Crippen LogP contribution in [0, 0.1) is 5.41 Å². The van der Waals surface area contributed by atoms with Crippen molar-refractivity contribution in [3.05, 3.63) is 23.2 Å². The van der Waals surface area contributed by atoms with Gasteiger partial charge in [0.05, 0.1) is 21.0 Å². The van der Waals surface area contributed by atoms with E-state index in [1.165, 1.54) is 18.2 Å². The highest BCUT2D eigenvalue weighted by Gasteiger charge is 2.27. The van der Waals surface area contributed by atoms with E-state index in [0.29, 0.717) is 0 Å². The average molecular weight is 325 g/mol. The third-order valence-corrected chi connectivity index (χ3v) is 4.37. The van der Waals surface area contributed by atoms with E-state index in [2.05, 4.69) is 5.32 Å². The minimum Gasteiger partial charge on any atom is -0.324 e. The summed E-state index contributed by atoms with van der Waals surface area (Å²) >= 11 is 11.6. The third-order valence-electron chi connectivity index (χ3n) is 2.46. The van der Waals surface area contributed by atoms with Crippen molar-refractivity contribution in [2.75, 3.05) is 11.2 Å². The summed E-state index contributed by atoms with van der Waals surface area (Å²) in [5, 5.41) is 7.77. The van der Waals surface area contributed by atoms with Gasteiger partial charge in [-0.1, -0.05) is 11.6 Å². The van der Waals surface area contributed by atoms with Crippen LogP contribution in [0.1, 0.15) is 13.8 Å². The lowest BCUT2D eigenvalue weighted by atomic mass is 9.95. The number of amides is 1. The molecule has 0 radical (unpaired) electrons. The van der Waals surface area contributed by atoms with Crippen LogP contribution in [0.25, 0.3) is 0 Å². The molecule has 0 spiro atoms. The maximum Gasteiger partial charge on any atom is 0.238 e. The maximum atomic E-state index is 11.9. The Morgan fingerprint density at radius 2 is 2.00 bits per heavy atom. The van der Waals surface area contributed by atoms with Crippen molar-refractivity contribution in [1.29, 1.82) is 0 Å². The van der Waals surface area contributed by atoms with Crippen LogP contribution in [0.15, 0.2) is 23.1 Å². The Bertz CT molecular complexity index is 600. The van der Waals surface area contributed by atoms with E-state index < -0.39 is 15.4 Å². The quantitative estimate of drug-likeness (QED) is 0.832. The van der Waals surface area contributed by atoms with Crippen LogP contribution in [-0.4, -0.2) is 20.2 Å². The van der Waals surface area contributed by atoms with Crippen LogP contribution in [0.4, 0.5) is 5.69 Å². The van der Waals surface area contributed by atoms with Crippen molar-refractivity contribution in [2.45, 2.75) is 18.7 Å². The molecule has 0 aromatic heterocycles. The molecule has 3 N–H and O–H groups in total. The number of sulfonamides is 1. The molecule has 0 fully saturated rings. The number of carbonyl (C=O) groups is 1. The van der Waals surface area contributed by atoms with Crippen LogP contribution < -0.4 is 10.5 Å². The van der Waals surface area contributed by atoms with Crippen LogP contribution >= 0.6 is 23.2 Å². The second-order valence-electron chi connectivity index (χ2n) is 4.66. The number of primary sulfonamides is 1. The summed E-state index contributed by atoms with van der Waals surface area (Å²) in [6, 6.07) is 3.82. The number of nitrogens with two attached hydrogens (primary N) is 1. The van der Waals surface area contributed by atoms with Crippen molar-refractivity contribution >= 4 is 44.8 Å². The van der Waals surface area contributed by atoms with Crippen molar-refractivity contribution in [1.82, 2.24) is 0 Å². The highest BCUT2D eigenvalue weighted by Crippen LogP contribution is 2.27. The largest absolute Gasteiger partial charge is 0.324 e. The minimum absolute atomic E-state index is 0.116. The van der Waals surface area contributed by atoms with Crippen molar-refractivity contribution < 1.29 is 13.2 Å². The van der Waals surface area contributed by atoms with E-state index in [1.54, 1.807) is 13.8 Å². The summed E-state index contributed by atoms with van der Waals surface area (Å²) in [6.45, 7) is 3.32. The molecule has 1 aromatic rings. The average Bonchev–Trinajstić information content (AvgIpc) is 2.30. The molecule has 0 heterocycles. The monoisotopic (exact) mass is 324 g/mol. The van der Waals surface area contributed by atoms with E-state index in [1.807, 2.05) is 0 Å². The predicted octanol–water partition coefficient (Wildman–Crippen LogP) is 2.19.